The second-order valence-electron chi connectivity index (χ2n) is 7.95. The Morgan fingerprint density at radius 2 is 2.00 bits per heavy atom. The van der Waals surface area contributed by atoms with E-state index >= 15 is 0 Å². The minimum absolute atomic E-state index is 0.0398. The molecule has 2 aliphatic rings. The Morgan fingerprint density at radius 1 is 1.23 bits per heavy atom. The number of thiophene rings is 1. The van der Waals surface area contributed by atoms with Crippen molar-refractivity contribution < 1.29 is 18.7 Å². The van der Waals surface area contributed by atoms with E-state index in [2.05, 4.69) is 6.07 Å². The summed E-state index contributed by atoms with van der Waals surface area (Å²) >= 11 is 1.70. The zero-order chi connectivity index (χ0) is 21.1. The van der Waals surface area contributed by atoms with Gasteiger partial charge in [0.1, 0.15) is 18.2 Å². The first-order valence-corrected chi connectivity index (χ1v) is 11.5. The van der Waals surface area contributed by atoms with E-state index in [4.69, 9.17) is 4.74 Å². The number of benzene rings is 1. The smallest absolute Gasteiger partial charge is 0.242 e. The molecular formula is C23H27FN2O3S. The van der Waals surface area contributed by atoms with Crippen LogP contribution in [0.25, 0.3) is 0 Å². The van der Waals surface area contributed by atoms with E-state index in [0.717, 1.165) is 31.2 Å². The Labute approximate surface area is 180 Å². The van der Waals surface area contributed by atoms with E-state index < -0.39 is 0 Å². The second kappa shape index (κ2) is 9.16. The number of amides is 2. The topological polar surface area (TPSA) is 49.9 Å². The number of rotatable bonds is 8. The molecule has 1 aromatic heterocycles. The van der Waals surface area contributed by atoms with Crippen molar-refractivity contribution in [2.24, 2.45) is 5.92 Å². The molecule has 1 unspecified atom stereocenters. The van der Waals surface area contributed by atoms with Crippen LogP contribution >= 0.6 is 11.3 Å². The molecule has 2 aromatic rings. The maximum Gasteiger partial charge on any atom is 0.242 e. The van der Waals surface area contributed by atoms with Gasteiger partial charge in [0, 0.05) is 23.9 Å². The monoisotopic (exact) mass is 430 g/mol. The van der Waals surface area contributed by atoms with Gasteiger partial charge in [-0.15, -0.1) is 11.3 Å². The fraction of sp³-hybridized carbons (Fsp3) is 0.478. The summed E-state index contributed by atoms with van der Waals surface area (Å²) in [6, 6.07) is 7.75. The van der Waals surface area contributed by atoms with Crippen LogP contribution in [0.1, 0.15) is 42.7 Å². The zero-order valence-corrected chi connectivity index (χ0v) is 18.0. The van der Waals surface area contributed by atoms with Crippen LogP contribution in [0.3, 0.4) is 0 Å². The molecule has 0 saturated heterocycles. The van der Waals surface area contributed by atoms with Crippen molar-refractivity contribution >= 4 is 23.2 Å². The highest BCUT2D eigenvalue weighted by Gasteiger charge is 2.37. The minimum atomic E-state index is -0.312. The van der Waals surface area contributed by atoms with Gasteiger partial charge < -0.3 is 14.5 Å². The fourth-order valence-electron chi connectivity index (χ4n) is 3.96. The number of hydrogen-bond donors (Lipinski definition) is 0. The van der Waals surface area contributed by atoms with E-state index in [1.54, 1.807) is 28.4 Å². The van der Waals surface area contributed by atoms with E-state index in [1.165, 1.54) is 17.0 Å². The van der Waals surface area contributed by atoms with Crippen LogP contribution in [0, 0.1) is 11.7 Å². The number of fused-ring (bicyclic) bond motifs is 1. The van der Waals surface area contributed by atoms with Crippen LogP contribution in [0.2, 0.25) is 0 Å². The van der Waals surface area contributed by atoms with Crippen molar-refractivity contribution in [3.05, 3.63) is 52.0 Å². The van der Waals surface area contributed by atoms with Gasteiger partial charge in [0.05, 0.1) is 12.6 Å². The summed E-state index contributed by atoms with van der Waals surface area (Å²) in [7, 11) is 0. The molecule has 5 nitrogen and oxygen atoms in total. The van der Waals surface area contributed by atoms with Crippen LogP contribution in [0.5, 0.6) is 5.75 Å². The normalized spacial score (nSPS) is 18.1. The van der Waals surface area contributed by atoms with Crippen molar-refractivity contribution in [2.75, 3.05) is 26.2 Å². The number of carbonyl (C=O) groups is 2. The molecule has 1 aliphatic carbocycles. The molecule has 1 atom stereocenters. The van der Waals surface area contributed by atoms with Crippen LogP contribution < -0.4 is 4.74 Å². The van der Waals surface area contributed by atoms with E-state index in [-0.39, 0.29) is 36.1 Å². The number of halogens is 1. The molecule has 1 saturated carbocycles. The maximum absolute atomic E-state index is 13.3. The Bertz CT molecular complexity index is 894. The fourth-order valence-corrected chi connectivity index (χ4v) is 4.89. The lowest BCUT2D eigenvalue weighted by atomic mass is 10.0. The van der Waals surface area contributed by atoms with E-state index in [1.807, 2.05) is 17.2 Å². The van der Waals surface area contributed by atoms with Crippen molar-refractivity contribution in [3.63, 3.8) is 0 Å². The highest BCUT2D eigenvalue weighted by Crippen LogP contribution is 2.35. The maximum atomic E-state index is 13.3. The highest BCUT2D eigenvalue weighted by atomic mass is 32.1. The van der Waals surface area contributed by atoms with Gasteiger partial charge in [0.2, 0.25) is 11.8 Å². The molecule has 1 aromatic carbocycles. The Balaban J connectivity index is 1.48. The van der Waals surface area contributed by atoms with Gasteiger partial charge in [-0.2, -0.15) is 0 Å². The molecule has 4 rings (SSSR count). The van der Waals surface area contributed by atoms with Crippen LogP contribution in [-0.2, 0) is 16.0 Å². The van der Waals surface area contributed by atoms with Gasteiger partial charge in [-0.3, -0.25) is 9.59 Å². The largest absolute Gasteiger partial charge is 0.491 e. The van der Waals surface area contributed by atoms with Crippen LogP contribution in [0.4, 0.5) is 4.39 Å². The van der Waals surface area contributed by atoms with Crippen molar-refractivity contribution in [1.29, 1.82) is 0 Å². The van der Waals surface area contributed by atoms with Crippen LogP contribution in [-0.4, -0.2) is 47.9 Å². The molecular weight excluding hydrogens is 403 g/mol. The predicted molar refractivity (Wildman–Crippen MR) is 114 cm³/mol. The first-order chi connectivity index (χ1) is 14.6. The number of carbonyl (C=O) groups excluding carboxylic acids is 2. The summed E-state index contributed by atoms with van der Waals surface area (Å²) in [4.78, 5) is 30.7. The van der Waals surface area contributed by atoms with Crippen molar-refractivity contribution in [2.45, 2.75) is 38.6 Å². The molecule has 0 N–H and O–H groups in total. The zero-order valence-electron chi connectivity index (χ0n) is 17.2. The molecule has 0 spiro atoms. The van der Waals surface area contributed by atoms with Gasteiger partial charge in [-0.05, 0) is 67.0 Å². The minimum Gasteiger partial charge on any atom is -0.491 e. The lowest BCUT2D eigenvalue weighted by Gasteiger charge is -2.37. The lowest BCUT2D eigenvalue weighted by Crippen LogP contribution is -2.48. The standard InChI is InChI=1S/C23H27FN2O3S/c1-2-11-25(23(28)16-3-4-16)14-22(27)26-12-9-21-19(10-13-30-21)20(26)15-29-18-7-5-17(24)6-8-18/h5-8,10,13,16,20H,2-4,9,11-12,14-15H2,1H3. The van der Waals surface area contributed by atoms with Crippen molar-refractivity contribution in [3.8, 4) is 5.75 Å². The summed E-state index contributed by atoms with van der Waals surface area (Å²) in [5, 5.41) is 2.05. The summed E-state index contributed by atoms with van der Waals surface area (Å²) in [6.07, 6.45) is 3.51. The third kappa shape index (κ3) is 4.67. The van der Waals surface area contributed by atoms with Crippen LogP contribution in [0.15, 0.2) is 35.7 Å². The SMILES string of the molecule is CCCN(CC(=O)N1CCc2sccc2C1COc1ccc(F)cc1)C(=O)C1CC1. The predicted octanol–water partition coefficient (Wildman–Crippen LogP) is 4.04. The molecule has 2 heterocycles. The first kappa shape index (κ1) is 20.8. The average Bonchev–Trinajstić information content (AvgIpc) is 3.49. The van der Waals surface area contributed by atoms with E-state index in [9.17, 15) is 14.0 Å². The third-order valence-corrected chi connectivity index (χ3v) is 6.69. The van der Waals surface area contributed by atoms with Gasteiger partial charge >= 0.3 is 0 Å². The molecule has 30 heavy (non-hydrogen) atoms. The van der Waals surface area contributed by atoms with Gasteiger partial charge in [0.15, 0.2) is 0 Å². The lowest BCUT2D eigenvalue weighted by molar-refractivity contribution is -0.143. The Hall–Kier alpha value is -2.41. The second-order valence-corrected chi connectivity index (χ2v) is 8.95. The molecule has 0 radical (unpaired) electrons. The van der Waals surface area contributed by atoms with Gasteiger partial charge in [-0.1, -0.05) is 6.92 Å². The summed E-state index contributed by atoms with van der Waals surface area (Å²) in [5.74, 6) is 0.433. The molecule has 2 amide bonds. The highest BCUT2D eigenvalue weighted by molar-refractivity contribution is 7.10. The summed E-state index contributed by atoms with van der Waals surface area (Å²) in [6.45, 7) is 3.66. The Morgan fingerprint density at radius 3 is 2.70 bits per heavy atom. The Kier molecular flexibility index (Phi) is 6.37. The summed E-state index contributed by atoms with van der Waals surface area (Å²) in [5.41, 5.74) is 1.11. The first-order valence-electron chi connectivity index (χ1n) is 10.6. The number of nitrogens with zero attached hydrogens (tertiary/aromatic N) is 2. The van der Waals surface area contributed by atoms with Gasteiger partial charge in [0.25, 0.3) is 0 Å². The third-order valence-electron chi connectivity index (χ3n) is 5.69. The average molecular weight is 431 g/mol. The molecule has 7 heteroatoms. The number of hydrogen-bond acceptors (Lipinski definition) is 4. The molecule has 1 fully saturated rings. The summed E-state index contributed by atoms with van der Waals surface area (Å²) < 4.78 is 19.1. The molecule has 1 aliphatic heterocycles. The van der Waals surface area contributed by atoms with Crippen molar-refractivity contribution in [1.82, 2.24) is 9.80 Å². The van der Waals surface area contributed by atoms with E-state index in [0.29, 0.717) is 25.4 Å². The number of ether oxygens (including phenoxy) is 1. The van der Waals surface area contributed by atoms with Gasteiger partial charge in [-0.25, -0.2) is 4.39 Å². The molecule has 160 valence electrons. The quantitative estimate of drug-likeness (QED) is 0.635. The molecule has 0 bridgehead atoms.